The first-order valence-corrected chi connectivity index (χ1v) is 8.82. The van der Waals surface area contributed by atoms with Gasteiger partial charge in [-0.1, -0.05) is 18.2 Å². The molecule has 11 heteroatoms. The van der Waals surface area contributed by atoms with Gasteiger partial charge in [-0.05, 0) is 12.1 Å². The van der Waals surface area contributed by atoms with Crippen molar-refractivity contribution in [3.05, 3.63) is 53.3 Å². The number of hydrogen-bond donors (Lipinski definition) is 0. The van der Waals surface area contributed by atoms with Gasteiger partial charge in [-0.15, -0.1) is 0 Å². The number of fused-ring (bicyclic) bond motifs is 4. The predicted octanol–water partition coefficient (Wildman–Crippen LogP) is 3.46. The molecule has 6 nitrogen and oxygen atoms in total. The maximum absolute atomic E-state index is 14.2. The number of para-hydroxylation sites is 1. The SMILES string of the molecule is O=S(=O)(Oc1cc2c(cc1F)Oc1ccccc1C21COC=N1)C(F)(F)F. The number of halogens is 4. The summed E-state index contributed by atoms with van der Waals surface area (Å²) in [5.41, 5.74) is -6.28. The normalized spacial score (nSPS) is 20.6. The molecule has 2 aromatic rings. The van der Waals surface area contributed by atoms with E-state index in [-0.39, 0.29) is 17.9 Å². The highest BCUT2D eigenvalue weighted by molar-refractivity contribution is 7.88. The largest absolute Gasteiger partial charge is 0.534 e. The fourth-order valence-corrected chi connectivity index (χ4v) is 3.41. The van der Waals surface area contributed by atoms with Gasteiger partial charge in [-0.25, -0.2) is 9.38 Å². The van der Waals surface area contributed by atoms with E-state index in [4.69, 9.17) is 9.47 Å². The van der Waals surface area contributed by atoms with Gasteiger partial charge in [0.05, 0.1) is 0 Å². The number of nitrogens with zero attached hydrogens (tertiary/aromatic N) is 1. The molecule has 2 aliphatic rings. The van der Waals surface area contributed by atoms with Crippen LogP contribution in [0.1, 0.15) is 11.1 Å². The molecule has 2 aromatic carbocycles. The Hall–Kier alpha value is -2.82. The van der Waals surface area contributed by atoms with Crippen LogP contribution in [0.4, 0.5) is 17.6 Å². The first-order chi connectivity index (χ1) is 12.6. The van der Waals surface area contributed by atoms with Gasteiger partial charge in [0.2, 0.25) is 0 Å². The van der Waals surface area contributed by atoms with Crippen molar-refractivity contribution in [1.82, 2.24) is 0 Å². The highest BCUT2D eigenvalue weighted by atomic mass is 32.2. The van der Waals surface area contributed by atoms with Gasteiger partial charge in [-0.3, -0.25) is 0 Å². The maximum atomic E-state index is 14.2. The molecule has 0 radical (unpaired) electrons. The van der Waals surface area contributed by atoms with Crippen LogP contribution in [0.15, 0.2) is 41.4 Å². The molecule has 2 aliphatic heterocycles. The minimum absolute atomic E-state index is 0.0303. The van der Waals surface area contributed by atoms with E-state index in [9.17, 15) is 26.0 Å². The topological polar surface area (TPSA) is 74.2 Å². The lowest BCUT2D eigenvalue weighted by Crippen LogP contribution is -2.32. The number of ether oxygens (including phenoxy) is 2. The van der Waals surface area contributed by atoms with Gasteiger partial charge in [0.15, 0.2) is 23.5 Å². The Labute approximate surface area is 150 Å². The summed E-state index contributed by atoms with van der Waals surface area (Å²) < 4.78 is 89.3. The van der Waals surface area contributed by atoms with Crippen molar-refractivity contribution in [2.24, 2.45) is 4.99 Å². The molecule has 2 heterocycles. The lowest BCUT2D eigenvalue weighted by atomic mass is 9.81. The summed E-state index contributed by atoms with van der Waals surface area (Å²) in [5.74, 6) is -2.12. The van der Waals surface area contributed by atoms with E-state index in [0.717, 1.165) is 18.5 Å². The maximum Gasteiger partial charge on any atom is 0.534 e. The third-order valence-electron chi connectivity index (χ3n) is 4.16. The highest BCUT2D eigenvalue weighted by Gasteiger charge is 2.50. The van der Waals surface area contributed by atoms with Gasteiger partial charge in [0, 0.05) is 17.2 Å². The van der Waals surface area contributed by atoms with Gasteiger partial charge in [0.1, 0.15) is 18.1 Å². The molecular weight excluding hydrogens is 394 g/mol. The zero-order valence-corrected chi connectivity index (χ0v) is 14.0. The van der Waals surface area contributed by atoms with E-state index in [1.54, 1.807) is 24.3 Å². The number of aliphatic imine (C=N–C) groups is 1. The van der Waals surface area contributed by atoms with Crippen LogP contribution in [0.25, 0.3) is 0 Å². The Balaban J connectivity index is 1.88. The Morgan fingerprint density at radius 2 is 1.85 bits per heavy atom. The molecule has 27 heavy (non-hydrogen) atoms. The summed E-state index contributed by atoms with van der Waals surface area (Å²) in [4.78, 5) is 4.25. The van der Waals surface area contributed by atoms with Crippen LogP contribution >= 0.6 is 0 Å². The third kappa shape index (κ3) is 2.60. The number of benzene rings is 2. The molecule has 142 valence electrons. The Bertz CT molecular complexity index is 1070. The average Bonchev–Trinajstić information content (AvgIpc) is 3.06. The molecule has 0 fully saturated rings. The van der Waals surface area contributed by atoms with Crippen molar-refractivity contribution < 1.29 is 39.6 Å². The molecule has 0 aromatic heterocycles. The predicted molar refractivity (Wildman–Crippen MR) is 83.7 cm³/mol. The van der Waals surface area contributed by atoms with Crippen molar-refractivity contribution in [2.75, 3.05) is 6.61 Å². The number of rotatable bonds is 2. The molecule has 1 spiro atoms. The van der Waals surface area contributed by atoms with Crippen molar-refractivity contribution in [1.29, 1.82) is 0 Å². The average molecular weight is 403 g/mol. The third-order valence-corrected chi connectivity index (χ3v) is 5.12. The highest BCUT2D eigenvalue weighted by Crippen LogP contribution is 2.51. The van der Waals surface area contributed by atoms with Crippen LogP contribution in [0.2, 0.25) is 0 Å². The van der Waals surface area contributed by atoms with Crippen LogP contribution in [-0.4, -0.2) is 26.9 Å². The second kappa shape index (κ2) is 5.59. The van der Waals surface area contributed by atoms with E-state index >= 15 is 0 Å². The zero-order chi connectivity index (χ0) is 19.4. The standard InChI is InChI=1S/C16H9F4NO5S/c17-11-6-13-10(5-14(11)26-27(22,23)16(18,19)20)15(7-24-8-21-15)9-3-1-2-4-12(9)25-13/h1-6,8H,7H2. The Kier molecular flexibility index (Phi) is 3.64. The quantitative estimate of drug-likeness (QED) is 0.436. The molecule has 1 unspecified atom stereocenters. The molecule has 0 saturated heterocycles. The summed E-state index contributed by atoms with van der Waals surface area (Å²) in [7, 11) is -6.05. The van der Waals surface area contributed by atoms with E-state index < -0.39 is 32.7 Å². The molecule has 1 atom stereocenters. The van der Waals surface area contributed by atoms with Gasteiger partial charge in [-0.2, -0.15) is 21.6 Å². The molecule has 0 saturated carbocycles. The van der Waals surface area contributed by atoms with Crippen molar-refractivity contribution in [3.63, 3.8) is 0 Å². The summed E-state index contributed by atoms with van der Waals surface area (Å²) >= 11 is 0. The lowest BCUT2D eigenvalue weighted by molar-refractivity contribution is -0.0500. The first-order valence-electron chi connectivity index (χ1n) is 7.41. The van der Waals surface area contributed by atoms with E-state index in [0.29, 0.717) is 11.3 Å². The number of alkyl halides is 3. The van der Waals surface area contributed by atoms with Crippen LogP contribution in [-0.2, 0) is 20.4 Å². The van der Waals surface area contributed by atoms with E-state index in [2.05, 4.69) is 9.18 Å². The fraction of sp³-hybridized carbons (Fsp3) is 0.188. The Morgan fingerprint density at radius 3 is 2.52 bits per heavy atom. The summed E-state index contributed by atoms with van der Waals surface area (Å²) in [6.07, 6.45) is 1.15. The monoisotopic (exact) mass is 403 g/mol. The van der Waals surface area contributed by atoms with Crippen LogP contribution in [0, 0.1) is 5.82 Å². The van der Waals surface area contributed by atoms with E-state index in [1.807, 2.05) is 0 Å². The second-order valence-electron chi connectivity index (χ2n) is 5.77. The fourth-order valence-electron chi connectivity index (χ4n) is 2.95. The number of hydrogen-bond acceptors (Lipinski definition) is 6. The minimum atomic E-state index is -6.05. The lowest BCUT2D eigenvalue weighted by Gasteiger charge is -2.33. The van der Waals surface area contributed by atoms with Crippen LogP contribution in [0.5, 0.6) is 17.2 Å². The molecular formula is C16H9F4NO5S. The minimum Gasteiger partial charge on any atom is -0.480 e. The van der Waals surface area contributed by atoms with Crippen LogP contribution in [0.3, 0.4) is 0 Å². The van der Waals surface area contributed by atoms with Gasteiger partial charge < -0.3 is 13.7 Å². The first kappa shape index (κ1) is 17.6. The van der Waals surface area contributed by atoms with Gasteiger partial charge in [0.25, 0.3) is 0 Å². The van der Waals surface area contributed by atoms with Gasteiger partial charge >= 0.3 is 15.6 Å². The van der Waals surface area contributed by atoms with Crippen molar-refractivity contribution in [3.8, 4) is 17.2 Å². The van der Waals surface area contributed by atoms with Crippen molar-refractivity contribution >= 4 is 16.5 Å². The molecule has 4 rings (SSSR count). The molecule has 0 amide bonds. The summed E-state index contributed by atoms with van der Waals surface area (Å²) in [6, 6.07) is 8.24. The van der Waals surface area contributed by atoms with Crippen LogP contribution < -0.4 is 8.92 Å². The molecule has 0 bridgehead atoms. The summed E-state index contributed by atoms with van der Waals surface area (Å²) in [5, 5.41) is 0. The molecule has 0 aliphatic carbocycles. The zero-order valence-electron chi connectivity index (χ0n) is 13.2. The smallest absolute Gasteiger partial charge is 0.480 e. The van der Waals surface area contributed by atoms with E-state index in [1.165, 1.54) is 0 Å². The molecule has 0 N–H and O–H groups in total. The Morgan fingerprint density at radius 1 is 1.11 bits per heavy atom. The second-order valence-corrected chi connectivity index (χ2v) is 7.30. The summed E-state index contributed by atoms with van der Waals surface area (Å²) in [6.45, 7) is -0.0303. The van der Waals surface area contributed by atoms with Crippen molar-refractivity contribution in [2.45, 2.75) is 11.0 Å².